The number of nitrogens with zero attached hydrogens (tertiary/aromatic N) is 1. The summed E-state index contributed by atoms with van der Waals surface area (Å²) in [4.78, 5) is 14.2. The highest BCUT2D eigenvalue weighted by Crippen LogP contribution is 2.38. The molecule has 2 aliphatic rings. The van der Waals surface area contributed by atoms with Crippen LogP contribution in [0.5, 0.6) is 0 Å². The van der Waals surface area contributed by atoms with Crippen molar-refractivity contribution in [2.75, 3.05) is 13.1 Å². The lowest BCUT2D eigenvalue weighted by Crippen LogP contribution is -2.49. The minimum absolute atomic E-state index is 0.441. The van der Waals surface area contributed by atoms with Gasteiger partial charge in [0.25, 0.3) is 0 Å². The Kier molecular flexibility index (Phi) is 4.66. The van der Waals surface area contributed by atoms with Crippen molar-refractivity contribution < 1.29 is 9.90 Å². The number of carboxylic acids is 1. The van der Waals surface area contributed by atoms with E-state index in [2.05, 4.69) is 11.8 Å². The van der Waals surface area contributed by atoms with Gasteiger partial charge in [-0.1, -0.05) is 32.6 Å². The average molecular weight is 253 g/mol. The topological polar surface area (TPSA) is 40.5 Å². The maximum atomic E-state index is 11.7. The zero-order valence-electron chi connectivity index (χ0n) is 11.7. The van der Waals surface area contributed by atoms with Gasteiger partial charge in [-0.3, -0.25) is 9.69 Å². The van der Waals surface area contributed by atoms with Gasteiger partial charge < -0.3 is 5.11 Å². The SMILES string of the molecule is CCC1CCCCN1CC1(C(=O)O)CCCCC1. The van der Waals surface area contributed by atoms with E-state index in [1.54, 1.807) is 0 Å². The van der Waals surface area contributed by atoms with Gasteiger partial charge in [0.15, 0.2) is 0 Å². The minimum Gasteiger partial charge on any atom is -0.481 e. The summed E-state index contributed by atoms with van der Waals surface area (Å²) in [5, 5.41) is 9.65. The molecular weight excluding hydrogens is 226 g/mol. The second-order valence-corrected chi connectivity index (χ2v) is 6.17. The molecule has 1 unspecified atom stereocenters. The first-order valence-corrected chi connectivity index (χ1v) is 7.65. The molecule has 3 nitrogen and oxygen atoms in total. The molecule has 1 saturated heterocycles. The molecule has 1 atom stereocenters. The Labute approximate surface area is 111 Å². The molecule has 104 valence electrons. The van der Waals surface area contributed by atoms with E-state index in [0.29, 0.717) is 6.04 Å². The molecule has 0 aromatic rings. The van der Waals surface area contributed by atoms with E-state index in [9.17, 15) is 9.90 Å². The van der Waals surface area contributed by atoms with Crippen LogP contribution in [0.4, 0.5) is 0 Å². The van der Waals surface area contributed by atoms with Gasteiger partial charge in [0.05, 0.1) is 5.41 Å². The summed E-state index contributed by atoms with van der Waals surface area (Å²) in [6, 6.07) is 0.622. The van der Waals surface area contributed by atoms with E-state index in [-0.39, 0.29) is 0 Å². The molecule has 0 bridgehead atoms. The Morgan fingerprint density at radius 1 is 1.22 bits per heavy atom. The summed E-state index contributed by atoms with van der Waals surface area (Å²) in [5.41, 5.74) is -0.441. The number of carboxylic acid groups (broad SMARTS) is 1. The Morgan fingerprint density at radius 2 is 1.94 bits per heavy atom. The summed E-state index contributed by atoms with van der Waals surface area (Å²) < 4.78 is 0. The number of likely N-dealkylation sites (tertiary alicyclic amines) is 1. The Hall–Kier alpha value is -0.570. The summed E-state index contributed by atoms with van der Waals surface area (Å²) in [7, 11) is 0. The van der Waals surface area contributed by atoms with Gasteiger partial charge in [0.1, 0.15) is 0 Å². The van der Waals surface area contributed by atoms with Crippen LogP contribution in [0.3, 0.4) is 0 Å². The normalized spacial score (nSPS) is 29.1. The third-order valence-corrected chi connectivity index (χ3v) is 4.99. The van der Waals surface area contributed by atoms with Gasteiger partial charge in [-0.2, -0.15) is 0 Å². The van der Waals surface area contributed by atoms with Crippen LogP contribution in [-0.2, 0) is 4.79 Å². The Balaban J connectivity index is 2.05. The van der Waals surface area contributed by atoms with Crippen LogP contribution in [-0.4, -0.2) is 35.1 Å². The van der Waals surface area contributed by atoms with E-state index >= 15 is 0 Å². The lowest BCUT2D eigenvalue weighted by Gasteiger charge is -2.42. The molecule has 1 saturated carbocycles. The van der Waals surface area contributed by atoms with Crippen LogP contribution < -0.4 is 0 Å². The number of aliphatic carboxylic acids is 1. The lowest BCUT2D eigenvalue weighted by atomic mass is 9.73. The molecule has 1 N–H and O–H groups in total. The zero-order valence-corrected chi connectivity index (χ0v) is 11.7. The Bertz CT molecular complexity index is 284. The highest BCUT2D eigenvalue weighted by Gasteiger charge is 2.42. The molecule has 2 rings (SSSR count). The second kappa shape index (κ2) is 6.05. The first-order valence-electron chi connectivity index (χ1n) is 7.65. The fraction of sp³-hybridized carbons (Fsp3) is 0.933. The van der Waals surface area contributed by atoms with E-state index in [0.717, 1.165) is 45.2 Å². The van der Waals surface area contributed by atoms with Crippen molar-refractivity contribution in [2.24, 2.45) is 5.41 Å². The molecule has 0 amide bonds. The van der Waals surface area contributed by atoms with Gasteiger partial charge in [0, 0.05) is 12.6 Å². The maximum Gasteiger partial charge on any atom is 0.310 e. The fourth-order valence-corrected chi connectivity index (χ4v) is 3.79. The summed E-state index contributed by atoms with van der Waals surface area (Å²) in [6.45, 7) is 4.13. The molecule has 1 aliphatic heterocycles. The quantitative estimate of drug-likeness (QED) is 0.836. The first-order chi connectivity index (χ1) is 8.68. The molecule has 3 heteroatoms. The maximum absolute atomic E-state index is 11.7. The molecule has 0 radical (unpaired) electrons. The van der Waals surface area contributed by atoms with E-state index in [1.807, 2.05) is 0 Å². The lowest BCUT2D eigenvalue weighted by molar-refractivity contribution is -0.153. The van der Waals surface area contributed by atoms with Crippen molar-refractivity contribution in [2.45, 2.75) is 70.8 Å². The zero-order chi connectivity index (χ0) is 13.0. The van der Waals surface area contributed by atoms with Crippen molar-refractivity contribution in [3.63, 3.8) is 0 Å². The summed E-state index contributed by atoms with van der Waals surface area (Å²) in [6.07, 6.45) is 10.1. The number of hydrogen-bond acceptors (Lipinski definition) is 2. The highest BCUT2D eigenvalue weighted by atomic mass is 16.4. The smallest absolute Gasteiger partial charge is 0.310 e. The number of carbonyl (C=O) groups is 1. The standard InChI is InChI=1S/C15H27NO2/c1-2-13-8-4-7-11-16(13)12-15(14(17)18)9-5-3-6-10-15/h13H,2-12H2,1H3,(H,17,18). The van der Waals surface area contributed by atoms with Crippen LogP contribution in [0.25, 0.3) is 0 Å². The number of hydrogen-bond donors (Lipinski definition) is 1. The van der Waals surface area contributed by atoms with Gasteiger partial charge in [-0.15, -0.1) is 0 Å². The second-order valence-electron chi connectivity index (χ2n) is 6.17. The van der Waals surface area contributed by atoms with E-state index in [4.69, 9.17) is 0 Å². The predicted octanol–water partition coefficient (Wildman–Crippen LogP) is 3.29. The van der Waals surface area contributed by atoms with Crippen LogP contribution in [0, 0.1) is 5.41 Å². The largest absolute Gasteiger partial charge is 0.481 e. The number of rotatable bonds is 4. The highest BCUT2D eigenvalue weighted by molar-refractivity contribution is 5.75. The van der Waals surface area contributed by atoms with Crippen LogP contribution >= 0.6 is 0 Å². The van der Waals surface area contributed by atoms with Crippen molar-refractivity contribution in [3.8, 4) is 0 Å². The van der Waals surface area contributed by atoms with Crippen LogP contribution in [0.1, 0.15) is 64.7 Å². The molecule has 1 heterocycles. The van der Waals surface area contributed by atoms with Gasteiger partial charge in [-0.05, 0) is 38.6 Å². The first kappa shape index (κ1) is 13.9. The monoisotopic (exact) mass is 253 g/mol. The van der Waals surface area contributed by atoms with Crippen molar-refractivity contribution in [3.05, 3.63) is 0 Å². The van der Waals surface area contributed by atoms with Crippen molar-refractivity contribution in [1.82, 2.24) is 4.90 Å². The van der Waals surface area contributed by atoms with E-state index in [1.165, 1.54) is 25.7 Å². The van der Waals surface area contributed by atoms with Crippen molar-refractivity contribution in [1.29, 1.82) is 0 Å². The molecule has 0 spiro atoms. The van der Waals surface area contributed by atoms with Crippen molar-refractivity contribution >= 4 is 5.97 Å². The summed E-state index contributed by atoms with van der Waals surface area (Å²) in [5.74, 6) is -0.553. The van der Waals surface area contributed by atoms with Gasteiger partial charge in [0.2, 0.25) is 0 Å². The average Bonchev–Trinajstić information content (AvgIpc) is 2.40. The van der Waals surface area contributed by atoms with Gasteiger partial charge >= 0.3 is 5.97 Å². The number of piperidine rings is 1. The Morgan fingerprint density at radius 3 is 2.56 bits per heavy atom. The molecular formula is C15H27NO2. The molecule has 2 fully saturated rings. The van der Waals surface area contributed by atoms with E-state index < -0.39 is 11.4 Å². The van der Waals surface area contributed by atoms with Crippen LogP contribution in [0.2, 0.25) is 0 Å². The molecule has 1 aliphatic carbocycles. The molecule has 0 aromatic carbocycles. The third-order valence-electron chi connectivity index (χ3n) is 4.99. The fourth-order valence-electron chi connectivity index (χ4n) is 3.79. The predicted molar refractivity (Wildman–Crippen MR) is 72.7 cm³/mol. The third kappa shape index (κ3) is 2.87. The molecule has 0 aromatic heterocycles. The summed E-state index contributed by atoms with van der Waals surface area (Å²) >= 11 is 0. The minimum atomic E-state index is -0.553. The van der Waals surface area contributed by atoms with Crippen LogP contribution in [0.15, 0.2) is 0 Å². The molecule has 18 heavy (non-hydrogen) atoms. The van der Waals surface area contributed by atoms with Gasteiger partial charge in [-0.25, -0.2) is 0 Å².